The lowest BCUT2D eigenvalue weighted by Gasteiger charge is -2.11. The maximum Gasteiger partial charge on any atom is 0.153 e. The molecule has 0 fully saturated rings. The van der Waals surface area contributed by atoms with Crippen molar-refractivity contribution in [3.8, 4) is 5.75 Å². The Balaban J connectivity index is 2.43. The third kappa shape index (κ3) is 4.88. The average molecular weight is 301 g/mol. The summed E-state index contributed by atoms with van der Waals surface area (Å²) >= 11 is 3.36. The van der Waals surface area contributed by atoms with Crippen molar-refractivity contribution in [2.45, 2.75) is 13.8 Å². The van der Waals surface area contributed by atoms with Crippen molar-refractivity contribution in [3.05, 3.63) is 28.2 Å². The molecule has 0 N–H and O–H groups in total. The molecule has 0 saturated carbocycles. The highest BCUT2D eigenvalue weighted by Crippen LogP contribution is 2.27. The molecular weight excluding hydrogens is 284 g/mol. The van der Waals surface area contributed by atoms with E-state index >= 15 is 0 Å². The van der Waals surface area contributed by atoms with Crippen LogP contribution in [0.4, 0.5) is 0 Å². The SMILES string of the molecule is CC(C)COCCOc1c(Br)cccc1C=O. The standard InChI is InChI=1S/C13H17BrO3/c1-10(2)9-16-6-7-17-13-11(8-15)4-3-5-12(13)14/h3-5,8,10H,6-7,9H2,1-2H3. The summed E-state index contributed by atoms with van der Waals surface area (Å²) in [5.41, 5.74) is 0.545. The summed E-state index contributed by atoms with van der Waals surface area (Å²) in [5.74, 6) is 1.10. The topological polar surface area (TPSA) is 35.5 Å². The number of ether oxygens (including phenoxy) is 2. The van der Waals surface area contributed by atoms with Gasteiger partial charge in [0, 0.05) is 6.61 Å². The number of aldehydes is 1. The van der Waals surface area contributed by atoms with Crippen LogP contribution in [0.25, 0.3) is 0 Å². The lowest BCUT2D eigenvalue weighted by atomic mass is 10.2. The van der Waals surface area contributed by atoms with Crippen molar-refractivity contribution in [3.63, 3.8) is 0 Å². The molecular formula is C13H17BrO3. The number of halogens is 1. The van der Waals surface area contributed by atoms with Gasteiger partial charge in [-0.25, -0.2) is 0 Å². The van der Waals surface area contributed by atoms with E-state index in [4.69, 9.17) is 9.47 Å². The number of rotatable bonds is 7. The van der Waals surface area contributed by atoms with Gasteiger partial charge in [-0.2, -0.15) is 0 Å². The molecule has 0 bridgehead atoms. The Hall–Kier alpha value is -0.870. The fourth-order valence-corrected chi connectivity index (χ4v) is 1.79. The van der Waals surface area contributed by atoms with Crippen LogP contribution in [0.5, 0.6) is 5.75 Å². The molecule has 0 unspecified atom stereocenters. The smallest absolute Gasteiger partial charge is 0.153 e. The van der Waals surface area contributed by atoms with Gasteiger partial charge in [0.05, 0.1) is 16.6 Å². The number of carbonyl (C=O) groups is 1. The fourth-order valence-electron chi connectivity index (χ4n) is 1.29. The van der Waals surface area contributed by atoms with Crippen molar-refractivity contribution in [1.29, 1.82) is 0 Å². The summed E-state index contributed by atoms with van der Waals surface area (Å²) in [5, 5.41) is 0. The molecule has 0 spiro atoms. The fraction of sp³-hybridized carbons (Fsp3) is 0.462. The molecule has 4 heteroatoms. The normalized spacial score (nSPS) is 10.6. The first-order valence-corrected chi connectivity index (χ1v) is 6.38. The van der Waals surface area contributed by atoms with Gasteiger partial charge in [0.25, 0.3) is 0 Å². The maximum atomic E-state index is 10.8. The van der Waals surface area contributed by atoms with Gasteiger partial charge in [0.2, 0.25) is 0 Å². The molecule has 1 aromatic carbocycles. The van der Waals surface area contributed by atoms with Gasteiger partial charge >= 0.3 is 0 Å². The van der Waals surface area contributed by atoms with E-state index in [0.29, 0.717) is 30.4 Å². The quantitative estimate of drug-likeness (QED) is 0.572. The highest BCUT2D eigenvalue weighted by atomic mass is 79.9. The number of hydrogen-bond donors (Lipinski definition) is 0. The molecule has 0 aliphatic carbocycles. The molecule has 1 aromatic rings. The second-order valence-electron chi connectivity index (χ2n) is 4.09. The minimum Gasteiger partial charge on any atom is -0.489 e. The molecule has 0 aliphatic rings. The van der Waals surface area contributed by atoms with Gasteiger partial charge < -0.3 is 9.47 Å². The van der Waals surface area contributed by atoms with Gasteiger partial charge in [-0.05, 0) is 34.0 Å². The zero-order valence-corrected chi connectivity index (χ0v) is 11.7. The molecule has 0 amide bonds. The van der Waals surface area contributed by atoms with Crippen LogP contribution in [0.1, 0.15) is 24.2 Å². The highest BCUT2D eigenvalue weighted by molar-refractivity contribution is 9.10. The van der Waals surface area contributed by atoms with Crippen molar-refractivity contribution in [2.24, 2.45) is 5.92 Å². The van der Waals surface area contributed by atoms with Gasteiger partial charge in [-0.1, -0.05) is 19.9 Å². The van der Waals surface area contributed by atoms with E-state index in [1.54, 1.807) is 12.1 Å². The first-order chi connectivity index (χ1) is 8.15. The van der Waals surface area contributed by atoms with Gasteiger partial charge in [-0.3, -0.25) is 4.79 Å². The van der Waals surface area contributed by atoms with Crippen molar-refractivity contribution in [2.75, 3.05) is 19.8 Å². The van der Waals surface area contributed by atoms with E-state index in [1.165, 1.54) is 0 Å². The molecule has 0 atom stereocenters. The van der Waals surface area contributed by atoms with Crippen LogP contribution < -0.4 is 4.74 Å². The van der Waals surface area contributed by atoms with Crippen LogP contribution in [-0.4, -0.2) is 26.1 Å². The van der Waals surface area contributed by atoms with Crippen LogP contribution >= 0.6 is 15.9 Å². The Bertz CT molecular complexity index is 364. The second kappa shape index (κ2) is 7.45. The van der Waals surface area contributed by atoms with Crippen molar-refractivity contribution in [1.82, 2.24) is 0 Å². The minimum absolute atomic E-state index is 0.441. The van der Waals surface area contributed by atoms with E-state index in [0.717, 1.165) is 17.4 Å². The first-order valence-electron chi connectivity index (χ1n) is 5.59. The van der Waals surface area contributed by atoms with E-state index in [2.05, 4.69) is 29.8 Å². The molecule has 0 aromatic heterocycles. The zero-order valence-electron chi connectivity index (χ0n) is 10.1. The first kappa shape index (κ1) is 14.2. The summed E-state index contributed by atoms with van der Waals surface area (Å²) in [7, 11) is 0. The molecule has 3 nitrogen and oxygen atoms in total. The zero-order chi connectivity index (χ0) is 12.7. The molecule has 0 saturated heterocycles. The summed E-state index contributed by atoms with van der Waals surface area (Å²) in [6, 6.07) is 5.37. The summed E-state index contributed by atoms with van der Waals surface area (Å²) < 4.78 is 11.7. The third-order valence-electron chi connectivity index (χ3n) is 2.05. The van der Waals surface area contributed by atoms with Crippen LogP contribution in [0.3, 0.4) is 0 Å². The number of benzene rings is 1. The molecule has 17 heavy (non-hydrogen) atoms. The summed E-state index contributed by atoms with van der Waals surface area (Å²) in [4.78, 5) is 10.8. The molecule has 0 aliphatic heterocycles. The molecule has 0 radical (unpaired) electrons. The van der Waals surface area contributed by atoms with Crippen LogP contribution in [0, 0.1) is 5.92 Å². The highest BCUT2D eigenvalue weighted by Gasteiger charge is 2.06. The largest absolute Gasteiger partial charge is 0.489 e. The summed E-state index contributed by atoms with van der Waals surface area (Å²) in [6.45, 7) is 5.88. The second-order valence-corrected chi connectivity index (χ2v) is 4.95. The predicted molar refractivity (Wildman–Crippen MR) is 70.7 cm³/mol. The lowest BCUT2D eigenvalue weighted by molar-refractivity contribution is 0.0812. The average Bonchev–Trinajstić information content (AvgIpc) is 2.30. The van der Waals surface area contributed by atoms with Gasteiger partial charge in [0.15, 0.2) is 6.29 Å². The van der Waals surface area contributed by atoms with Crippen LogP contribution in [-0.2, 0) is 4.74 Å². The number of carbonyl (C=O) groups excluding carboxylic acids is 1. The van der Waals surface area contributed by atoms with Gasteiger partial charge in [0.1, 0.15) is 12.4 Å². The van der Waals surface area contributed by atoms with Gasteiger partial charge in [-0.15, -0.1) is 0 Å². The van der Waals surface area contributed by atoms with Crippen LogP contribution in [0.2, 0.25) is 0 Å². The Kier molecular flexibility index (Phi) is 6.22. The minimum atomic E-state index is 0.441. The maximum absolute atomic E-state index is 10.8. The lowest BCUT2D eigenvalue weighted by Crippen LogP contribution is -2.11. The predicted octanol–water partition coefficient (Wildman–Crippen LogP) is 3.31. The van der Waals surface area contributed by atoms with E-state index in [1.807, 2.05) is 6.07 Å². The molecule has 1 rings (SSSR count). The third-order valence-corrected chi connectivity index (χ3v) is 2.67. The van der Waals surface area contributed by atoms with Crippen LogP contribution in [0.15, 0.2) is 22.7 Å². The van der Waals surface area contributed by atoms with Crippen molar-refractivity contribution < 1.29 is 14.3 Å². The Morgan fingerprint density at radius 1 is 1.35 bits per heavy atom. The van der Waals surface area contributed by atoms with Crippen molar-refractivity contribution >= 4 is 22.2 Å². The molecule has 0 heterocycles. The Morgan fingerprint density at radius 3 is 2.76 bits per heavy atom. The Labute approximate surface area is 110 Å². The monoisotopic (exact) mass is 300 g/mol. The Morgan fingerprint density at radius 2 is 2.12 bits per heavy atom. The summed E-state index contributed by atoms with van der Waals surface area (Å²) in [6.07, 6.45) is 0.787. The number of para-hydroxylation sites is 1. The van der Waals surface area contributed by atoms with E-state index in [-0.39, 0.29) is 0 Å². The number of hydrogen-bond acceptors (Lipinski definition) is 3. The molecule has 94 valence electrons. The van der Waals surface area contributed by atoms with E-state index < -0.39 is 0 Å². The van der Waals surface area contributed by atoms with E-state index in [9.17, 15) is 4.79 Å².